The maximum Gasteiger partial charge on any atom is 0.337 e. The summed E-state index contributed by atoms with van der Waals surface area (Å²) >= 11 is 1.75. The Balaban J connectivity index is 1.26. The van der Waals surface area contributed by atoms with Crippen LogP contribution >= 0.6 is 11.3 Å². The van der Waals surface area contributed by atoms with Crippen LogP contribution in [0.25, 0.3) is 10.2 Å². The molecule has 2 aliphatic heterocycles. The molecule has 8 heteroatoms. The van der Waals surface area contributed by atoms with Crippen molar-refractivity contribution < 1.29 is 19.1 Å². The topological polar surface area (TPSA) is 79.8 Å². The summed E-state index contributed by atoms with van der Waals surface area (Å²) in [6.07, 6.45) is 2.03. The number of rotatable bonds is 4. The lowest BCUT2D eigenvalue weighted by atomic mass is 9.96. The minimum Gasteiger partial charge on any atom is -0.465 e. The Morgan fingerprint density at radius 2 is 1.78 bits per heavy atom. The zero-order valence-electron chi connectivity index (χ0n) is 17.7. The van der Waals surface area contributed by atoms with Gasteiger partial charge in [0.2, 0.25) is 5.91 Å². The van der Waals surface area contributed by atoms with Crippen molar-refractivity contribution in [1.82, 2.24) is 9.88 Å². The molecule has 0 unspecified atom stereocenters. The van der Waals surface area contributed by atoms with Crippen molar-refractivity contribution in [3.63, 3.8) is 0 Å². The molecular weight excluding hydrogens is 426 g/mol. The number of piperidine rings is 1. The number of carbonyl (C=O) groups excluding carboxylic acids is 3. The summed E-state index contributed by atoms with van der Waals surface area (Å²) in [5.74, 6) is -0.472. The first kappa shape index (κ1) is 20.8. The third-order valence-corrected chi connectivity index (χ3v) is 7.50. The van der Waals surface area contributed by atoms with Gasteiger partial charge in [0, 0.05) is 5.92 Å². The van der Waals surface area contributed by atoms with Crippen molar-refractivity contribution >= 4 is 45.0 Å². The van der Waals surface area contributed by atoms with E-state index in [0.717, 1.165) is 36.5 Å². The number of likely N-dealkylation sites (tertiary alicyclic amines) is 1. The van der Waals surface area contributed by atoms with Crippen molar-refractivity contribution in [2.45, 2.75) is 31.2 Å². The summed E-state index contributed by atoms with van der Waals surface area (Å²) in [6, 6.07) is 14.1. The van der Waals surface area contributed by atoms with E-state index in [1.807, 2.05) is 18.2 Å². The van der Waals surface area contributed by atoms with Gasteiger partial charge >= 0.3 is 5.97 Å². The number of amides is 2. The second kappa shape index (κ2) is 8.44. The molecule has 0 N–H and O–H groups in total. The number of thiazole rings is 1. The summed E-state index contributed by atoms with van der Waals surface area (Å²) in [5.41, 5.74) is 1.91. The fourth-order valence-corrected chi connectivity index (χ4v) is 5.70. The van der Waals surface area contributed by atoms with E-state index in [0.29, 0.717) is 17.2 Å². The Labute approximate surface area is 189 Å². The van der Waals surface area contributed by atoms with Crippen LogP contribution in [0.15, 0.2) is 48.5 Å². The first-order valence-electron chi connectivity index (χ1n) is 10.7. The highest BCUT2D eigenvalue weighted by Crippen LogP contribution is 2.35. The van der Waals surface area contributed by atoms with Gasteiger partial charge in [-0.15, -0.1) is 11.3 Å². The van der Waals surface area contributed by atoms with Gasteiger partial charge in [-0.1, -0.05) is 12.1 Å². The molecule has 1 atom stereocenters. The number of benzene rings is 2. The third kappa shape index (κ3) is 3.69. The van der Waals surface area contributed by atoms with Crippen LogP contribution in [-0.2, 0) is 14.3 Å². The Kier molecular flexibility index (Phi) is 5.48. The van der Waals surface area contributed by atoms with Gasteiger partial charge in [-0.25, -0.2) is 14.7 Å². The largest absolute Gasteiger partial charge is 0.465 e. The fourth-order valence-electron chi connectivity index (χ4n) is 4.56. The molecule has 2 saturated heterocycles. The van der Waals surface area contributed by atoms with Crippen LogP contribution in [-0.4, -0.2) is 53.9 Å². The van der Waals surface area contributed by atoms with Gasteiger partial charge in [-0.2, -0.15) is 0 Å². The number of methoxy groups -OCH3 is 1. The minimum absolute atomic E-state index is 0.184. The van der Waals surface area contributed by atoms with Crippen LogP contribution in [0.2, 0.25) is 0 Å². The lowest BCUT2D eigenvalue weighted by Crippen LogP contribution is -2.45. The predicted octanol–water partition coefficient (Wildman–Crippen LogP) is 3.59. The van der Waals surface area contributed by atoms with Crippen LogP contribution in [0.5, 0.6) is 0 Å². The minimum atomic E-state index is -0.454. The second-order valence-electron chi connectivity index (χ2n) is 8.16. The number of ether oxygens (including phenoxy) is 1. The van der Waals surface area contributed by atoms with E-state index < -0.39 is 12.0 Å². The molecule has 0 bridgehead atoms. The molecule has 0 aliphatic carbocycles. The maximum absolute atomic E-state index is 13.1. The number of nitrogens with zero attached hydrogens (tertiary/aromatic N) is 3. The molecule has 2 aliphatic rings. The van der Waals surface area contributed by atoms with Crippen LogP contribution in [0, 0.1) is 0 Å². The number of hydrogen-bond acceptors (Lipinski definition) is 7. The van der Waals surface area contributed by atoms with Crippen molar-refractivity contribution in [2.75, 3.05) is 25.1 Å². The molecule has 2 fully saturated rings. The number of fused-ring (bicyclic) bond motifs is 1. The van der Waals surface area contributed by atoms with Gasteiger partial charge in [-0.3, -0.25) is 14.5 Å². The van der Waals surface area contributed by atoms with Crippen LogP contribution < -0.4 is 4.90 Å². The average Bonchev–Trinajstić information content (AvgIpc) is 3.39. The number of imide groups is 1. The van der Waals surface area contributed by atoms with Gasteiger partial charge < -0.3 is 4.74 Å². The summed E-state index contributed by atoms with van der Waals surface area (Å²) < 4.78 is 5.91. The van der Waals surface area contributed by atoms with E-state index in [9.17, 15) is 14.4 Å². The van der Waals surface area contributed by atoms with Gasteiger partial charge in [-0.05, 0) is 62.3 Å². The number of para-hydroxylation sites is 1. The highest BCUT2D eigenvalue weighted by Gasteiger charge is 2.43. The molecule has 164 valence electrons. The first-order valence-corrected chi connectivity index (χ1v) is 11.5. The smallest absolute Gasteiger partial charge is 0.337 e. The number of anilines is 1. The van der Waals surface area contributed by atoms with Crippen molar-refractivity contribution in [3.8, 4) is 0 Å². The SMILES string of the molecule is COC(=O)c1ccc(N2C(=O)C[C@H](N3CCC(c4nc5ccccc5s4)CC3)C2=O)cc1. The molecule has 0 radical (unpaired) electrons. The number of aromatic nitrogens is 1. The van der Waals surface area contributed by atoms with Crippen molar-refractivity contribution in [2.24, 2.45) is 0 Å². The van der Waals surface area contributed by atoms with Crippen LogP contribution in [0.3, 0.4) is 0 Å². The average molecular weight is 450 g/mol. The van der Waals surface area contributed by atoms with E-state index >= 15 is 0 Å². The molecule has 2 aromatic carbocycles. The maximum atomic E-state index is 13.1. The summed E-state index contributed by atoms with van der Waals surface area (Å²) in [7, 11) is 1.31. The van der Waals surface area contributed by atoms with Gasteiger partial charge in [0.05, 0.1) is 46.0 Å². The highest BCUT2D eigenvalue weighted by molar-refractivity contribution is 7.18. The molecular formula is C24H23N3O4S. The van der Waals surface area contributed by atoms with E-state index in [4.69, 9.17) is 9.72 Å². The molecule has 0 saturated carbocycles. The molecule has 0 spiro atoms. The van der Waals surface area contributed by atoms with E-state index in [1.54, 1.807) is 35.6 Å². The highest BCUT2D eigenvalue weighted by atomic mass is 32.1. The molecule has 32 heavy (non-hydrogen) atoms. The fraction of sp³-hybridized carbons (Fsp3) is 0.333. The van der Waals surface area contributed by atoms with E-state index in [2.05, 4.69) is 11.0 Å². The van der Waals surface area contributed by atoms with Crippen molar-refractivity contribution in [1.29, 1.82) is 0 Å². The Hall–Kier alpha value is -3.10. The number of carbonyl (C=O) groups is 3. The second-order valence-corrected chi connectivity index (χ2v) is 9.22. The quantitative estimate of drug-likeness (QED) is 0.447. The lowest BCUT2D eigenvalue weighted by molar-refractivity contribution is -0.123. The zero-order valence-corrected chi connectivity index (χ0v) is 18.5. The van der Waals surface area contributed by atoms with Crippen molar-refractivity contribution in [3.05, 3.63) is 59.1 Å². The zero-order chi connectivity index (χ0) is 22.2. The first-order chi connectivity index (χ1) is 15.5. The molecule has 7 nitrogen and oxygen atoms in total. The third-order valence-electron chi connectivity index (χ3n) is 6.30. The molecule has 3 aromatic rings. The molecule has 2 amide bonds. The Morgan fingerprint density at radius 3 is 2.47 bits per heavy atom. The number of hydrogen-bond donors (Lipinski definition) is 0. The normalized spacial score (nSPS) is 20.3. The van der Waals surface area contributed by atoms with Crippen LogP contribution in [0.1, 0.15) is 40.5 Å². The molecule has 3 heterocycles. The Morgan fingerprint density at radius 1 is 1.06 bits per heavy atom. The monoisotopic (exact) mass is 449 g/mol. The molecule has 5 rings (SSSR count). The predicted molar refractivity (Wildman–Crippen MR) is 122 cm³/mol. The van der Waals surface area contributed by atoms with Gasteiger partial charge in [0.15, 0.2) is 0 Å². The van der Waals surface area contributed by atoms with Crippen LogP contribution in [0.4, 0.5) is 5.69 Å². The molecule has 1 aromatic heterocycles. The van der Waals surface area contributed by atoms with Gasteiger partial charge in [0.1, 0.15) is 0 Å². The summed E-state index contributed by atoms with van der Waals surface area (Å²) in [4.78, 5) is 45.6. The number of esters is 1. The summed E-state index contributed by atoms with van der Waals surface area (Å²) in [6.45, 7) is 1.53. The van der Waals surface area contributed by atoms with E-state index in [-0.39, 0.29) is 18.2 Å². The lowest BCUT2D eigenvalue weighted by Gasteiger charge is -2.34. The summed E-state index contributed by atoms with van der Waals surface area (Å²) in [5, 5.41) is 1.16. The Bertz CT molecular complexity index is 1150. The van der Waals surface area contributed by atoms with Gasteiger partial charge in [0.25, 0.3) is 5.91 Å². The standard InChI is InChI=1S/C24H23N3O4S/c1-31-24(30)16-6-8-17(9-7-16)27-21(28)14-19(23(27)29)26-12-10-15(11-13-26)22-25-18-4-2-3-5-20(18)32-22/h2-9,15,19H,10-14H2,1H3/t19-/m0/s1. The van der Waals surface area contributed by atoms with E-state index in [1.165, 1.54) is 16.7 Å².